The van der Waals surface area contributed by atoms with Crippen LogP contribution in [0, 0.1) is 5.82 Å². The fourth-order valence-corrected chi connectivity index (χ4v) is 4.24. The maximum absolute atomic E-state index is 13.5. The van der Waals surface area contributed by atoms with E-state index in [2.05, 4.69) is 46.9 Å². The van der Waals surface area contributed by atoms with Crippen LogP contribution in [0.2, 0.25) is 0 Å². The quantitative estimate of drug-likeness (QED) is 0.236. The summed E-state index contributed by atoms with van der Waals surface area (Å²) in [5.41, 5.74) is 3.30. The molecule has 0 aliphatic carbocycles. The molecule has 2 N–H and O–H groups in total. The third-order valence-electron chi connectivity index (χ3n) is 6.20. The van der Waals surface area contributed by atoms with E-state index in [0.29, 0.717) is 19.8 Å². The van der Waals surface area contributed by atoms with Crippen molar-refractivity contribution in [2.45, 2.75) is 31.6 Å². The van der Waals surface area contributed by atoms with E-state index in [1.165, 1.54) is 17.7 Å². The van der Waals surface area contributed by atoms with Gasteiger partial charge in [-0.15, -0.1) is 24.0 Å². The first-order chi connectivity index (χ1) is 16.2. The van der Waals surface area contributed by atoms with Crippen LogP contribution in [0.3, 0.4) is 0 Å². The summed E-state index contributed by atoms with van der Waals surface area (Å²) in [6, 6.07) is 17.2. The summed E-state index contributed by atoms with van der Waals surface area (Å²) in [7, 11) is 0. The van der Waals surface area contributed by atoms with Crippen molar-refractivity contribution in [3.05, 3.63) is 83.9 Å². The van der Waals surface area contributed by atoms with Gasteiger partial charge in [-0.1, -0.05) is 24.3 Å². The Morgan fingerprint density at radius 1 is 1.09 bits per heavy atom. The van der Waals surface area contributed by atoms with Crippen molar-refractivity contribution in [3.63, 3.8) is 0 Å². The summed E-state index contributed by atoms with van der Waals surface area (Å²) in [6.07, 6.45) is 6.36. The van der Waals surface area contributed by atoms with Crippen molar-refractivity contribution in [2.75, 3.05) is 32.8 Å². The van der Waals surface area contributed by atoms with Crippen LogP contribution >= 0.6 is 24.0 Å². The zero-order chi connectivity index (χ0) is 22.9. The predicted octanol–water partition coefficient (Wildman–Crippen LogP) is 4.48. The average Bonchev–Trinajstić information content (AvgIpc) is 3.39. The number of halogens is 2. The van der Waals surface area contributed by atoms with Crippen LogP contribution in [0.1, 0.15) is 30.9 Å². The van der Waals surface area contributed by atoms with Crippen LogP contribution in [0.15, 0.2) is 72.0 Å². The number of nitrogens with zero attached hydrogens (tertiary/aromatic N) is 3. The molecule has 1 fully saturated rings. The van der Waals surface area contributed by atoms with Crippen LogP contribution < -0.4 is 10.6 Å². The summed E-state index contributed by atoms with van der Waals surface area (Å²) in [5, 5.41) is 11.1. The highest BCUT2D eigenvalue weighted by Gasteiger charge is 2.34. The Kier molecular flexibility index (Phi) is 9.88. The van der Waals surface area contributed by atoms with Crippen molar-refractivity contribution in [3.8, 4) is 5.69 Å². The number of ether oxygens (including phenoxy) is 1. The van der Waals surface area contributed by atoms with Crippen LogP contribution in [-0.4, -0.2) is 48.6 Å². The van der Waals surface area contributed by atoms with Crippen LogP contribution in [0.5, 0.6) is 0 Å². The first-order valence-corrected chi connectivity index (χ1v) is 11.6. The summed E-state index contributed by atoms with van der Waals surface area (Å²) in [5.74, 6) is 0.593. The second kappa shape index (κ2) is 12.9. The maximum atomic E-state index is 13.5. The van der Waals surface area contributed by atoms with Gasteiger partial charge >= 0.3 is 0 Å². The van der Waals surface area contributed by atoms with Gasteiger partial charge in [0.05, 0.1) is 12.2 Å². The van der Waals surface area contributed by atoms with Gasteiger partial charge in [0.2, 0.25) is 0 Å². The lowest BCUT2D eigenvalue weighted by molar-refractivity contribution is 0.0531. The Morgan fingerprint density at radius 3 is 2.47 bits per heavy atom. The molecule has 8 heteroatoms. The molecular weight excluding hydrogens is 544 g/mol. The number of benzene rings is 2. The van der Waals surface area contributed by atoms with Crippen molar-refractivity contribution < 1.29 is 9.13 Å². The number of nitrogens with one attached hydrogen (secondary N) is 2. The predicted molar refractivity (Wildman–Crippen MR) is 145 cm³/mol. The fourth-order valence-electron chi connectivity index (χ4n) is 4.24. The first kappa shape index (κ1) is 26.2. The Balaban J connectivity index is 0.00000324. The minimum absolute atomic E-state index is 0. The zero-order valence-electron chi connectivity index (χ0n) is 19.5. The van der Waals surface area contributed by atoms with E-state index in [4.69, 9.17) is 9.73 Å². The number of guanidine groups is 1. The van der Waals surface area contributed by atoms with Gasteiger partial charge in [-0.05, 0) is 67.6 Å². The fraction of sp³-hybridized carbons (Fsp3) is 0.385. The zero-order valence-corrected chi connectivity index (χ0v) is 21.9. The lowest BCUT2D eigenvalue weighted by Crippen LogP contribution is -2.41. The number of hydrogen-bond acceptors (Lipinski definition) is 3. The molecule has 0 unspecified atom stereocenters. The molecule has 4 rings (SSSR count). The lowest BCUT2D eigenvalue weighted by atomic mass is 9.74. The summed E-state index contributed by atoms with van der Waals surface area (Å²) in [6.45, 7) is 5.67. The van der Waals surface area contributed by atoms with E-state index in [0.717, 1.165) is 49.6 Å². The van der Waals surface area contributed by atoms with Gasteiger partial charge in [-0.25, -0.2) is 9.07 Å². The van der Waals surface area contributed by atoms with Gasteiger partial charge in [-0.3, -0.25) is 4.99 Å². The largest absolute Gasteiger partial charge is 0.381 e. The third kappa shape index (κ3) is 6.79. The number of aromatic nitrogens is 2. The molecule has 1 aliphatic rings. The van der Waals surface area contributed by atoms with E-state index in [1.54, 1.807) is 6.20 Å². The summed E-state index contributed by atoms with van der Waals surface area (Å²) < 4.78 is 21.0. The third-order valence-corrected chi connectivity index (χ3v) is 6.20. The standard InChI is InChI=1S/C26H32FN5O.HI/c1-2-28-25(29-16-12-21-4-10-24(11-5-21)32-17-3-15-31-32)30-20-26(13-18-33-19-14-26)22-6-8-23(27)9-7-22;/h3-11,15,17H,2,12-14,16,18-20H2,1H3,(H2,28,29,30);1H. The molecule has 0 radical (unpaired) electrons. The molecule has 0 amide bonds. The summed E-state index contributed by atoms with van der Waals surface area (Å²) in [4.78, 5) is 4.92. The Labute approximate surface area is 218 Å². The molecule has 1 aliphatic heterocycles. The van der Waals surface area contributed by atoms with E-state index >= 15 is 0 Å². The molecule has 0 saturated carbocycles. The summed E-state index contributed by atoms with van der Waals surface area (Å²) >= 11 is 0. The van der Waals surface area contributed by atoms with Gasteiger partial charge < -0.3 is 15.4 Å². The van der Waals surface area contributed by atoms with Gasteiger partial charge in [0.1, 0.15) is 5.82 Å². The van der Waals surface area contributed by atoms with Crippen molar-refractivity contribution in [2.24, 2.45) is 4.99 Å². The number of rotatable bonds is 8. The van der Waals surface area contributed by atoms with Gasteiger partial charge in [0.15, 0.2) is 5.96 Å². The smallest absolute Gasteiger partial charge is 0.191 e. The minimum Gasteiger partial charge on any atom is -0.381 e. The average molecular weight is 577 g/mol. The molecule has 0 atom stereocenters. The Hall–Kier alpha value is -2.46. The molecule has 2 heterocycles. The monoisotopic (exact) mass is 577 g/mol. The van der Waals surface area contributed by atoms with E-state index in [9.17, 15) is 4.39 Å². The number of aliphatic imine (C=N–C) groups is 1. The van der Waals surface area contributed by atoms with Crippen molar-refractivity contribution >= 4 is 29.9 Å². The second-order valence-electron chi connectivity index (χ2n) is 8.39. The van der Waals surface area contributed by atoms with Crippen LogP contribution in [0.25, 0.3) is 5.69 Å². The molecule has 1 saturated heterocycles. The molecule has 1 aromatic heterocycles. The second-order valence-corrected chi connectivity index (χ2v) is 8.39. The lowest BCUT2D eigenvalue weighted by Gasteiger charge is -2.36. The topological polar surface area (TPSA) is 63.5 Å². The normalized spacial score (nSPS) is 15.4. The molecule has 0 bridgehead atoms. The molecule has 182 valence electrons. The van der Waals surface area contributed by atoms with E-state index in [-0.39, 0.29) is 35.2 Å². The molecule has 34 heavy (non-hydrogen) atoms. The highest BCUT2D eigenvalue weighted by atomic mass is 127. The van der Waals surface area contributed by atoms with Crippen molar-refractivity contribution in [1.29, 1.82) is 0 Å². The first-order valence-electron chi connectivity index (χ1n) is 11.6. The molecular formula is C26H33FIN5O. The van der Waals surface area contributed by atoms with Crippen LogP contribution in [0.4, 0.5) is 4.39 Å². The highest BCUT2D eigenvalue weighted by molar-refractivity contribution is 14.0. The highest BCUT2D eigenvalue weighted by Crippen LogP contribution is 2.35. The minimum atomic E-state index is -0.211. The molecule has 0 spiro atoms. The Morgan fingerprint density at radius 2 is 1.82 bits per heavy atom. The molecule has 2 aromatic carbocycles. The van der Waals surface area contributed by atoms with Gasteiger partial charge in [0, 0.05) is 44.1 Å². The van der Waals surface area contributed by atoms with E-state index in [1.807, 2.05) is 29.1 Å². The Bertz CT molecular complexity index is 1020. The molecule has 3 aromatic rings. The van der Waals surface area contributed by atoms with Gasteiger partial charge in [-0.2, -0.15) is 5.10 Å². The van der Waals surface area contributed by atoms with Crippen molar-refractivity contribution in [1.82, 2.24) is 20.4 Å². The molecule has 6 nitrogen and oxygen atoms in total. The SMILES string of the molecule is CCNC(=NCC1(c2ccc(F)cc2)CCOCC1)NCCc1ccc(-n2cccn2)cc1.I. The van der Waals surface area contributed by atoms with Gasteiger partial charge in [0.25, 0.3) is 0 Å². The maximum Gasteiger partial charge on any atom is 0.191 e. The van der Waals surface area contributed by atoms with E-state index < -0.39 is 0 Å². The van der Waals surface area contributed by atoms with Crippen LogP contribution in [-0.2, 0) is 16.6 Å². The number of hydrogen-bond donors (Lipinski definition) is 2.